The van der Waals surface area contributed by atoms with E-state index in [9.17, 15) is 28.7 Å². The van der Waals surface area contributed by atoms with Crippen LogP contribution in [0, 0.1) is 23.6 Å². The third-order valence-corrected chi connectivity index (χ3v) is 12.3. The lowest BCUT2D eigenvalue weighted by Gasteiger charge is -2.50. The van der Waals surface area contributed by atoms with Gasteiger partial charge in [0.25, 0.3) is 11.8 Å². The number of anilines is 3. The molecule has 0 unspecified atom stereocenters. The molecule has 1 N–H and O–H groups in total. The first-order chi connectivity index (χ1) is 25.3. The summed E-state index contributed by atoms with van der Waals surface area (Å²) in [5.74, 6) is -6.42. The fourth-order valence-electron chi connectivity index (χ4n) is 8.30. The molecular formula is C40H32Cl2FN5O5. The Morgan fingerprint density at radius 2 is 1.30 bits per heavy atom. The molecule has 53 heavy (non-hydrogen) atoms. The first-order valence-electron chi connectivity index (χ1n) is 17.0. The number of halogens is 3. The van der Waals surface area contributed by atoms with Crippen molar-refractivity contribution in [1.82, 2.24) is 0 Å². The summed E-state index contributed by atoms with van der Waals surface area (Å²) in [6.07, 6.45) is 1.83. The number of fused-ring (bicyclic) bond motifs is 4. The number of azo groups is 1. The highest BCUT2D eigenvalue weighted by atomic mass is 35.5. The SMILES string of the molecule is CN(C)c1ccc(N=Nc2ccc(N3C(=O)[C@H]4[C@H](CC=C5[C@H]4C[C@@]4(Cl)C(=O)N(c6ccc(F)cc6)C(=O)[C@@]4(Cl)[C@H]5c4ccc(O)cc4)C3=O)cc2)cc1. The third-order valence-electron chi connectivity index (χ3n) is 10.9. The van der Waals surface area contributed by atoms with Crippen LogP contribution in [0.3, 0.4) is 0 Å². The van der Waals surface area contributed by atoms with Crippen LogP contribution in [0.5, 0.6) is 5.75 Å². The van der Waals surface area contributed by atoms with Crippen LogP contribution >= 0.6 is 23.2 Å². The van der Waals surface area contributed by atoms with Gasteiger partial charge in [0.05, 0.1) is 34.6 Å². The van der Waals surface area contributed by atoms with Crippen molar-refractivity contribution in [2.75, 3.05) is 28.8 Å². The fourth-order valence-corrected chi connectivity index (χ4v) is 9.23. The summed E-state index contributed by atoms with van der Waals surface area (Å²) in [7, 11) is 3.90. The molecule has 0 aromatic heterocycles. The molecule has 2 aliphatic heterocycles. The van der Waals surface area contributed by atoms with Crippen molar-refractivity contribution in [3.8, 4) is 5.75 Å². The van der Waals surface area contributed by atoms with Gasteiger partial charge in [-0.1, -0.05) is 23.8 Å². The van der Waals surface area contributed by atoms with E-state index in [-0.39, 0.29) is 30.2 Å². The molecule has 0 bridgehead atoms. The highest BCUT2D eigenvalue weighted by molar-refractivity contribution is 6.58. The second-order valence-corrected chi connectivity index (χ2v) is 15.2. The number of phenols is 1. The topological polar surface area (TPSA) is 123 Å². The minimum Gasteiger partial charge on any atom is -0.508 e. The van der Waals surface area contributed by atoms with E-state index in [1.54, 1.807) is 36.4 Å². The van der Waals surface area contributed by atoms with Crippen molar-refractivity contribution in [2.45, 2.75) is 28.5 Å². The van der Waals surface area contributed by atoms with Gasteiger partial charge in [0.1, 0.15) is 11.6 Å². The minimum atomic E-state index is -2.06. The third kappa shape index (κ3) is 5.27. The lowest BCUT2D eigenvalue weighted by atomic mass is 9.56. The molecule has 4 aromatic carbocycles. The van der Waals surface area contributed by atoms with Crippen LogP contribution in [-0.2, 0) is 19.2 Å². The first-order valence-corrected chi connectivity index (χ1v) is 17.8. The number of rotatable bonds is 6. The van der Waals surface area contributed by atoms with Gasteiger partial charge >= 0.3 is 0 Å². The van der Waals surface area contributed by atoms with Gasteiger partial charge in [0.15, 0.2) is 9.75 Å². The number of benzene rings is 4. The Labute approximate surface area is 314 Å². The van der Waals surface area contributed by atoms with Crippen LogP contribution in [-0.4, -0.2) is 52.6 Å². The van der Waals surface area contributed by atoms with Crippen LogP contribution in [0.25, 0.3) is 0 Å². The predicted octanol–water partition coefficient (Wildman–Crippen LogP) is 7.78. The number of amides is 4. The van der Waals surface area contributed by atoms with Gasteiger partial charge < -0.3 is 10.0 Å². The number of carbonyl (C=O) groups excluding carboxylic acids is 4. The Balaban J connectivity index is 1.13. The Bertz CT molecular complexity index is 2230. The number of alkyl halides is 2. The van der Waals surface area contributed by atoms with E-state index < -0.39 is 57.0 Å². The molecule has 10 nitrogen and oxygen atoms in total. The van der Waals surface area contributed by atoms with E-state index in [1.807, 2.05) is 49.3 Å². The van der Waals surface area contributed by atoms with Crippen LogP contribution in [0.4, 0.5) is 32.8 Å². The lowest BCUT2D eigenvalue weighted by Crippen LogP contribution is -2.60. The molecule has 8 rings (SSSR count). The van der Waals surface area contributed by atoms with Crippen molar-refractivity contribution in [1.29, 1.82) is 0 Å². The first kappa shape index (κ1) is 34.7. The summed E-state index contributed by atoms with van der Waals surface area (Å²) in [5.41, 5.74) is 3.77. The number of imide groups is 2. The second-order valence-electron chi connectivity index (χ2n) is 14.0. The zero-order chi connectivity index (χ0) is 37.4. The molecule has 13 heteroatoms. The molecule has 2 heterocycles. The van der Waals surface area contributed by atoms with E-state index >= 15 is 0 Å². The highest BCUT2D eigenvalue weighted by Gasteiger charge is 2.76. The number of nitrogens with zero attached hydrogens (tertiary/aromatic N) is 5. The summed E-state index contributed by atoms with van der Waals surface area (Å²) in [6, 6.07) is 25.1. The van der Waals surface area contributed by atoms with Gasteiger partial charge in [-0.05, 0) is 109 Å². The van der Waals surface area contributed by atoms with Crippen LogP contribution in [0.2, 0.25) is 0 Å². The number of hydrogen-bond acceptors (Lipinski definition) is 8. The molecule has 4 amide bonds. The zero-order valence-corrected chi connectivity index (χ0v) is 30.0. The van der Waals surface area contributed by atoms with Crippen LogP contribution in [0.15, 0.2) is 119 Å². The standard InChI is InChI=1S/C40H32Cl2FN5O5/c1-46(2)26-13-7-24(8-14-26)44-45-25-9-15-27(16-10-25)47-35(50)31-20-19-30-32(33(31)36(47)51)21-39(41)37(52)48(28-11-5-23(43)6-12-28)38(53)40(39,42)34(30)22-3-17-29(49)18-4-22/h3-19,31-34,49H,20-21H2,1-2H3/t31-,32+,33-,34-,39+,40-/m0/s1. The molecule has 4 aliphatic rings. The quantitative estimate of drug-likeness (QED) is 0.0930. The number of aromatic hydroxyl groups is 1. The number of phenolic OH excluding ortho intramolecular Hbond substituents is 1. The second kappa shape index (κ2) is 12.6. The molecule has 2 aliphatic carbocycles. The summed E-state index contributed by atoms with van der Waals surface area (Å²) < 4.78 is 13.9. The Hall–Kier alpha value is -5.39. The average Bonchev–Trinajstić information content (AvgIpc) is 3.49. The van der Waals surface area contributed by atoms with E-state index in [2.05, 4.69) is 10.2 Å². The molecular weight excluding hydrogens is 720 g/mol. The van der Waals surface area contributed by atoms with E-state index in [1.165, 1.54) is 29.2 Å². The number of allylic oxidation sites excluding steroid dienone is 2. The normalized spacial score (nSPS) is 27.9. The monoisotopic (exact) mass is 751 g/mol. The highest BCUT2D eigenvalue weighted by Crippen LogP contribution is 2.66. The smallest absolute Gasteiger partial charge is 0.258 e. The van der Waals surface area contributed by atoms with E-state index in [4.69, 9.17) is 23.2 Å². The van der Waals surface area contributed by atoms with E-state index in [0.717, 1.165) is 22.7 Å². The number of hydrogen-bond donors (Lipinski definition) is 1. The van der Waals surface area contributed by atoms with Crippen molar-refractivity contribution in [3.05, 3.63) is 120 Å². The van der Waals surface area contributed by atoms with Gasteiger partial charge in [-0.3, -0.25) is 24.1 Å². The molecule has 3 fully saturated rings. The zero-order valence-electron chi connectivity index (χ0n) is 28.5. The minimum absolute atomic E-state index is 0.0281. The average molecular weight is 753 g/mol. The molecule has 0 spiro atoms. The van der Waals surface area contributed by atoms with Crippen molar-refractivity contribution in [2.24, 2.45) is 28.0 Å². The Kier molecular flexibility index (Phi) is 8.27. The summed E-state index contributed by atoms with van der Waals surface area (Å²) in [5, 5.41) is 18.7. The van der Waals surface area contributed by atoms with Crippen molar-refractivity contribution in [3.63, 3.8) is 0 Å². The summed E-state index contributed by atoms with van der Waals surface area (Å²) in [6.45, 7) is 0. The largest absolute Gasteiger partial charge is 0.508 e. The van der Waals surface area contributed by atoms with E-state index in [0.29, 0.717) is 28.2 Å². The van der Waals surface area contributed by atoms with Gasteiger partial charge in [0.2, 0.25) is 11.8 Å². The van der Waals surface area contributed by atoms with Gasteiger partial charge in [-0.25, -0.2) is 9.29 Å². The van der Waals surface area contributed by atoms with Crippen LogP contribution in [0.1, 0.15) is 24.3 Å². The van der Waals surface area contributed by atoms with Crippen molar-refractivity contribution < 1.29 is 28.7 Å². The maximum Gasteiger partial charge on any atom is 0.258 e. The van der Waals surface area contributed by atoms with Crippen LogP contribution < -0.4 is 14.7 Å². The lowest BCUT2D eigenvalue weighted by molar-refractivity contribution is -0.125. The molecule has 1 saturated carbocycles. The predicted molar refractivity (Wildman–Crippen MR) is 199 cm³/mol. The molecule has 268 valence electrons. The Morgan fingerprint density at radius 3 is 1.91 bits per heavy atom. The number of carbonyl (C=O) groups is 4. The van der Waals surface area contributed by atoms with Gasteiger partial charge in [-0.15, -0.1) is 23.2 Å². The van der Waals surface area contributed by atoms with Gasteiger partial charge in [-0.2, -0.15) is 10.2 Å². The van der Waals surface area contributed by atoms with Gasteiger partial charge in [0, 0.05) is 25.7 Å². The molecule has 4 aromatic rings. The summed E-state index contributed by atoms with van der Waals surface area (Å²) >= 11 is 14.8. The fraction of sp³-hybridized carbons (Fsp3) is 0.250. The molecule has 6 atom stereocenters. The maximum absolute atomic E-state index is 14.4. The Morgan fingerprint density at radius 1 is 0.736 bits per heavy atom. The van der Waals surface area contributed by atoms with Crippen molar-refractivity contribution >= 4 is 75.3 Å². The molecule has 0 radical (unpaired) electrons. The molecule has 2 saturated heterocycles. The maximum atomic E-state index is 14.4. The summed E-state index contributed by atoms with van der Waals surface area (Å²) in [4.78, 5) is 57.2.